The number of carbonyl (C=O) groups excluding carboxylic acids is 1. The number of carbonyl (C=O) groups is 1. The van der Waals surface area contributed by atoms with Gasteiger partial charge < -0.3 is 10.6 Å². The zero-order valence-corrected chi connectivity index (χ0v) is 11.7. The predicted octanol–water partition coefficient (Wildman–Crippen LogP) is 4.95. The maximum atomic E-state index is 11.9. The summed E-state index contributed by atoms with van der Waals surface area (Å²) in [4.78, 5) is 11.9. The smallest absolute Gasteiger partial charge is 0.307 e. The maximum Gasteiger partial charge on any atom is 0.323 e. The van der Waals surface area contributed by atoms with Gasteiger partial charge in [0.25, 0.3) is 0 Å². The summed E-state index contributed by atoms with van der Waals surface area (Å²) >= 11 is 12.0. The van der Waals surface area contributed by atoms with E-state index in [1.165, 1.54) is 0 Å². The van der Waals surface area contributed by atoms with Crippen LogP contribution in [0.15, 0.2) is 42.5 Å². The number of halogens is 2. The minimum Gasteiger partial charge on any atom is -0.307 e. The molecule has 0 aromatic heterocycles. The lowest BCUT2D eigenvalue weighted by Crippen LogP contribution is -2.20. The molecule has 2 rings (SSSR count). The van der Waals surface area contributed by atoms with Gasteiger partial charge in [-0.1, -0.05) is 41.4 Å². The minimum absolute atomic E-state index is 0.363. The Kier molecular flexibility index (Phi) is 4.30. The minimum atomic E-state index is -0.363. The third-order valence-electron chi connectivity index (χ3n) is 2.64. The third-order valence-corrected chi connectivity index (χ3v) is 3.38. The molecular weight excluding hydrogens is 283 g/mol. The summed E-state index contributed by atoms with van der Waals surface area (Å²) in [5, 5.41) is 6.51. The highest BCUT2D eigenvalue weighted by atomic mass is 35.5. The number of nitrogens with one attached hydrogen (secondary N) is 2. The largest absolute Gasteiger partial charge is 0.323 e. The molecule has 0 aliphatic carbocycles. The van der Waals surface area contributed by atoms with Crippen molar-refractivity contribution in [3.8, 4) is 0 Å². The van der Waals surface area contributed by atoms with Gasteiger partial charge in [-0.3, -0.25) is 0 Å². The number of hydrogen-bond acceptors (Lipinski definition) is 1. The SMILES string of the molecule is Cc1c(Cl)cccc1NC(=O)Nc1ccccc1Cl. The Bertz CT molecular complexity index is 614. The molecule has 0 fully saturated rings. The summed E-state index contributed by atoms with van der Waals surface area (Å²) in [6.45, 7) is 1.84. The van der Waals surface area contributed by atoms with E-state index >= 15 is 0 Å². The first-order chi connectivity index (χ1) is 9.08. The van der Waals surface area contributed by atoms with Gasteiger partial charge in [-0.05, 0) is 36.8 Å². The van der Waals surface area contributed by atoms with Gasteiger partial charge >= 0.3 is 6.03 Å². The van der Waals surface area contributed by atoms with E-state index in [4.69, 9.17) is 23.2 Å². The molecule has 2 N–H and O–H groups in total. The molecule has 0 aliphatic heterocycles. The molecule has 19 heavy (non-hydrogen) atoms. The molecule has 0 bridgehead atoms. The van der Waals surface area contributed by atoms with Crippen LogP contribution in [0.4, 0.5) is 16.2 Å². The van der Waals surface area contributed by atoms with Crippen LogP contribution in [0.1, 0.15) is 5.56 Å². The Hall–Kier alpha value is -1.71. The van der Waals surface area contributed by atoms with Crippen molar-refractivity contribution in [2.75, 3.05) is 10.6 Å². The lowest BCUT2D eigenvalue weighted by atomic mass is 10.2. The van der Waals surface area contributed by atoms with E-state index in [1.54, 1.807) is 42.5 Å². The van der Waals surface area contributed by atoms with Crippen molar-refractivity contribution < 1.29 is 4.79 Å². The number of urea groups is 1. The predicted molar refractivity (Wildman–Crippen MR) is 80.3 cm³/mol. The monoisotopic (exact) mass is 294 g/mol. The second kappa shape index (κ2) is 5.95. The molecule has 98 valence electrons. The van der Waals surface area contributed by atoms with Crippen molar-refractivity contribution in [1.82, 2.24) is 0 Å². The molecule has 0 saturated heterocycles. The summed E-state index contributed by atoms with van der Waals surface area (Å²) in [6.07, 6.45) is 0. The Balaban J connectivity index is 2.10. The van der Waals surface area contributed by atoms with Crippen LogP contribution in [0.5, 0.6) is 0 Å². The summed E-state index contributed by atoms with van der Waals surface area (Å²) < 4.78 is 0. The lowest BCUT2D eigenvalue weighted by molar-refractivity contribution is 0.262. The van der Waals surface area contributed by atoms with Crippen molar-refractivity contribution in [3.05, 3.63) is 58.1 Å². The molecule has 3 nitrogen and oxygen atoms in total. The fraction of sp³-hybridized carbons (Fsp3) is 0.0714. The standard InChI is InChI=1S/C14H12Cl2N2O/c1-9-10(15)6-4-8-12(9)17-14(19)18-13-7-3-2-5-11(13)16/h2-8H,1H3,(H2,17,18,19). The van der Waals surface area contributed by atoms with E-state index in [-0.39, 0.29) is 6.03 Å². The third kappa shape index (κ3) is 3.40. The van der Waals surface area contributed by atoms with Crippen LogP contribution < -0.4 is 10.6 Å². The van der Waals surface area contributed by atoms with E-state index in [9.17, 15) is 4.79 Å². The van der Waals surface area contributed by atoms with Crippen molar-refractivity contribution >= 4 is 40.6 Å². The molecule has 5 heteroatoms. The van der Waals surface area contributed by atoms with Gasteiger partial charge in [-0.2, -0.15) is 0 Å². The first-order valence-corrected chi connectivity index (χ1v) is 6.41. The topological polar surface area (TPSA) is 41.1 Å². The first-order valence-electron chi connectivity index (χ1n) is 5.65. The van der Waals surface area contributed by atoms with Crippen LogP contribution in [-0.4, -0.2) is 6.03 Å². The number of rotatable bonds is 2. The normalized spacial score (nSPS) is 10.1. The number of benzene rings is 2. The molecule has 0 spiro atoms. The van der Waals surface area contributed by atoms with Crippen molar-refractivity contribution in [1.29, 1.82) is 0 Å². The van der Waals surface area contributed by atoms with Gasteiger partial charge in [-0.15, -0.1) is 0 Å². The molecule has 0 aliphatic rings. The van der Waals surface area contributed by atoms with Crippen LogP contribution in [0.3, 0.4) is 0 Å². The Labute approximate surface area is 121 Å². The van der Waals surface area contributed by atoms with Crippen LogP contribution in [0.2, 0.25) is 10.0 Å². The molecule has 2 amide bonds. The van der Waals surface area contributed by atoms with E-state index in [1.807, 2.05) is 6.92 Å². The first kappa shape index (κ1) is 13.7. The van der Waals surface area contributed by atoms with Gasteiger partial charge in [0.1, 0.15) is 0 Å². The Morgan fingerprint density at radius 3 is 2.21 bits per heavy atom. The zero-order chi connectivity index (χ0) is 13.8. The van der Waals surface area contributed by atoms with Gasteiger partial charge in [-0.25, -0.2) is 4.79 Å². The van der Waals surface area contributed by atoms with Crippen LogP contribution in [0.25, 0.3) is 0 Å². The highest BCUT2D eigenvalue weighted by Crippen LogP contribution is 2.24. The van der Waals surface area contributed by atoms with Crippen molar-refractivity contribution in [2.24, 2.45) is 0 Å². The quantitative estimate of drug-likeness (QED) is 0.809. The molecule has 0 atom stereocenters. The molecule has 0 saturated carbocycles. The van der Waals surface area contributed by atoms with Gasteiger partial charge in [0.2, 0.25) is 0 Å². The van der Waals surface area contributed by atoms with E-state index < -0.39 is 0 Å². The highest BCUT2D eigenvalue weighted by molar-refractivity contribution is 6.34. The fourth-order valence-corrected chi connectivity index (χ4v) is 1.94. The summed E-state index contributed by atoms with van der Waals surface area (Å²) in [6, 6.07) is 12.0. The van der Waals surface area contributed by atoms with E-state index in [2.05, 4.69) is 10.6 Å². The number of amides is 2. The van der Waals surface area contributed by atoms with Gasteiger partial charge in [0, 0.05) is 10.7 Å². The highest BCUT2D eigenvalue weighted by Gasteiger charge is 2.08. The average Bonchev–Trinajstić information content (AvgIpc) is 2.38. The maximum absolute atomic E-state index is 11.9. The molecular formula is C14H12Cl2N2O. The van der Waals surface area contributed by atoms with E-state index in [0.717, 1.165) is 5.56 Å². The van der Waals surface area contributed by atoms with Crippen molar-refractivity contribution in [2.45, 2.75) is 6.92 Å². The lowest BCUT2D eigenvalue weighted by Gasteiger charge is -2.11. The van der Waals surface area contributed by atoms with Gasteiger partial charge in [0.15, 0.2) is 0 Å². The number of para-hydroxylation sites is 1. The van der Waals surface area contributed by atoms with Crippen LogP contribution in [0, 0.1) is 6.92 Å². The molecule has 0 radical (unpaired) electrons. The average molecular weight is 295 g/mol. The van der Waals surface area contributed by atoms with Gasteiger partial charge in [0.05, 0.1) is 10.7 Å². The van der Waals surface area contributed by atoms with Crippen LogP contribution >= 0.6 is 23.2 Å². The number of hydrogen-bond donors (Lipinski definition) is 2. The second-order valence-electron chi connectivity index (χ2n) is 3.97. The van der Waals surface area contributed by atoms with Crippen molar-refractivity contribution in [3.63, 3.8) is 0 Å². The molecule has 0 unspecified atom stereocenters. The molecule has 2 aromatic rings. The van der Waals surface area contributed by atoms with Crippen LogP contribution in [-0.2, 0) is 0 Å². The Morgan fingerprint density at radius 2 is 1.47 bits per heavy atom. The van der Waals surface area contributed by atoms with E-state index in [0.29, 0.717) is 21.4 Å². The number of anilines is 2. The second-order valence-corrected chi connectivity index (χ2v) is 4.79. The Morgan fingerprint density at radius 1 is 0.895 bits per heavy atom. The summed E-state index contributed by atoms with van der Waals surface area (Å²) in [5.41, 5.74) is 2.04. The summed E-state index contributed by atoms with van der Waals surface area (Å²) in [5.74, 6) is 0. The molecule has 0 heterocycles. The molecule has 2 aromatic carbocycles. The zero-order valence-electron chi connectivity index (χ0n) is 10.2. The summed E-state index contributed by atoms with van der Waals surface area (Å²) in [7, 11) is 0. The fourth-order valence-electron chi connectivity index (χ4n) is 1.58.